The van der Waals surface area contributed by atoms with Crippen molar-refractivity contribution in [2.45, 2.75) is 33.6 Å². The van der Waals surface area contributed by atoms with Crippen LogP contribution in [0, 0.1) is 11.8 Å². The summed E-state index contributed by atoms with van der Waals surface area (Å²) < 4.78 is 0. The quantitative estimate of drug-likeness (QED) is 0.501. The molecular formula is C11H18. The topological polar surface area (TPSA) is 0 Å². The van der Waals surface area contributed by atoms with Gasteiger partial charge in [-0.25, -0.2) is 0 Å². The normalized spacial score (nSPS) is 31.4. The molecule has 1 aliphatic carbocycles. The largest absolute Gasteiger partial charge is 0.0995 e. The van der Waals surface area contributed by atoms with Gasteiger partial charge < -0.3 is 0 Å². The molecule has 0 N–H and O–H groups in total. The zero-order chi connectivity index (χ0) is 8.43. The van der Waals surface area contributed by atoms with Crippen LogP contribution >= 0.6 is 0 Å². The first kappa shape index (κ1) is 8.58. The Morgan fingerprint density at radius 2 is 2.27 bits per heavy atom. The predicted octanol–water partition coefficient (Wildman–Crippen LogP) is 3.55. The second-order valence-corrected chi connectivity index (χ2v) is 3.83. The second-order valence-electron chi connectivity index (χ2n) is 3.83. The lowest BCUT2D eigenvalue weighted by molar-refractivity contribution is 0.411. The lowest BCUT2D eigenvalue weighted by Crippen LogP contribution is -2.17. The molecule has 1 aliphatic rings. The maximum atomic E-state index is 4.04. The molecule has 11 heavy (non-hydrogen) atoms. The van der Waals surface area contributed by atoms with Crippen LogP contribution in [-0.2, 0) is 0 Å². The minimum atomic E-state index is 0.656. The molecule has 0 heteroatoms. The molecule has 0 radical (unpaired) electrons. The fourth-order valence-corrected chi connectivity index (χ4v) is 2.19. The Kier molecular flexibility index (Phi) is 2.53. The Morgan fingerprint density at radius 1 is 1.64 bits per heavy atom. The van der Waals surface area contributed by atoms with Crippen LogP contribution in [-0.4, -0.2) is 0 Å². The zero-order valence-corrected chi connectivity index (χ0v) is 7.85. The summed E-state index contributed by atoms with van der Waals surface area (Å²) in [4.78, 5) is 0. The maximum Gasteiger partial charge on any atom is 0.00245 e. The predicted molar refractivity (Wildman–Crippen MR) is 50.5 cm³/mol. The van der Waals surface area contributed by atoms with E-state index in [1.807, 2.05) is 0 Å². The van der Waals surface area contributed by atoms with Gasteiger partial charge in [-0.1, -0.05) is 30.7 Å². The molecule has 0 nitrogen and oxygen atoms in total. The molecular weight excluding hydrogens is 132 g/mol. The molecule has 0 saturated heterocycles. The van der Waals surface area contributed by atoms with Gasteiger partial charge in [-0.05, 0) is 32.6 Å². The lowest BCUT2D eigenvalue weighted by Gasteiger charge is -2.28. The van der Waals surface area contributed by atoms with Gasteiger partial charge in [-0.15, -0.1) is 0 Å². The van der Waals surface area contributed by atoms with Crippen LogP contribution in [0.15, 0.2) is 23.8 Å². The van der Waals surface area contributed by atoms with E-state index in [4.69, 9.17) is 0 Å². The first-order valence-electron chi connectivity index (χ1n) is 4.45. The standard InChI is InChI=1S/C11H18/c1-8(2)11-9(3)6-5-7-10(11)4/h6,10-11H,1,5,7H2,2-4H3. The highest BCUT2D eigenvalue weighted by molar-refractivity contribution is 5.19. The number of hydrogen-bond donors (Lipinski definition) is 0. The van der Waals surface area contributed by atoms with Crippen LogP contribution in [0.5, 0.6) is 0 Å². The van der Waals surface area contributed by atoms with Crippen LogP contribution in [0.25, 0.3) is 0 Å². The van der Waals surface area contributed by atoms with Crippen molar-refractivity contribution >= 4 is 0 Å². The monoisotopic (exact) mass is 150 g/mol. The second kappa shape index (κ2) is 3.25. The fraction of sp³-hybridized carbons (Fsp3) is 0.636. The van der Waals surface area contributed by atoms with Gasteiger partial charge in [0.1, 0.15) is 0 Å². The summed E-state index contributed by atoms with van der Waals surface area (Å²) in [5, 5.41) is 0. The summed E-state index contributed by atoms with van der Waals surface area (Å²) in [7, 11) is 0. The van der Waals surface area contributed by atoms with Crippen LogP contribution in [0.3, 0.4) is 0 Å². The van der Waals surface area contributed by atoms with Gasteiger partial charge in [0, 0.05) is 5.92 Å². The minimum Gasteiger partial charge on any atom is -0.0995 e. The van der Waals surface area contributed by atoms with E-state index < -0.39 is 0 Å². The van der Waals surface area contributed by atoms with Gasteiger partial charge in [-0.2, -0.15) is 0 Å². The molecule has 0 heterocycles. The molecule has 0 aromatic carbocycles. The summed E-state index contributed by atoms with van der Waals surface area (Å²) in [6.07, 6.45) is 4.95. The van der Waals surface area contributed by atoms with E-state index in [2.05, 4.69) is 33.4 Å². The molecule has 0 saturated carbocycles. The molecule has 0 bridgehead atoms. The molecule has 0 fully saturated rings. The van der Waals surface area contributed by atoms with Crippen LogP contribution in [0.1, 0.15) is 33.6 Å². The van der Waals surface area contributed by atoms with Crippen LogP contribution in [0.4, 0.5) is 0 Å². The number of rotatable bonds is 1. The highest BCUT2D eigenvalue weighted by Crippen LogP contribution is 2.34. The van der Waals surface area contributed by atoms with Crippen molar-refractivity contribution in [3.05, 3.63) is 23.8 Å². The number of allylic oxidation sites excluding steroid dienone is 3. The Balaban J connectivity index is 2.80. The Labute approximate surface area is 70.0 Å². The molecule has 0 spiro atoms. The van der Waals surface area contributed by atoms with E-state index in [0.717, 1.165) is 5.92 Å². The van der Waals surface area contributed by atoms with E-state index in [1.165, 1.54) is 24.0 Å². The molecule has 0 aliphatic heterocycles. The fourth-order valence-electron chi connectivity index (χ4n) is 2.19. The molecule has 1 rings (SSSR count). The van der Waals surface area contributed by atoms with E-state index >= 15 is 0 Å². The lowest BCUT2D eigenvalue weighted by atomic mass is 9.77. The van der Waals surface area contributed by atoms with Crippen LogP contribution in [0.2, 0.25) is 0 Å². The average molecular weight is 150 g/mol. The van der Waals surface area contributed by atoms with Crippen molar-refractivity contribution < 1.29 is 0 Å². The third-order valence-corrected chi connectivity index (χ3v) is 2.68. The van der Waals surface area contributed by atoms with Crippen molar-refractivity contribution in [2.24, 2.45) is 11.8 Å². The minimum absolute atomic E-state index is 0.656. The van der Waals surface area contributed by atoms with Crippen molar-refractivity contribution in [1.29, 1.82) is 0 Å². The third kappa shape index (κ3) is 1.74. The van der Waals surface area contributed by atoms with Gasteiger partial charge in [0.25, 0.3) is 0 Å². The van der Waals surface area contributed by atoms with Gasteiger partial charge in [0.15, 0.2) is 0 Å². The Morgan fingerprint density at radius 3 is 2.64 bits per heavy atom. The maximum absolute atomic E-state index is 4.04. The molecule has 2 atom stereocenters. The van der Waals surface area contributed by atoms with Crippen molar-refractivity contribution in [1.82, 2.24) is 0 Å². The average Bonchev–Trinajstić information content (AvgIpc) is 1.85. The van der Waals surface area contributed by atoms with E-state index in [-0.39, 0.29) is 0 Å². The van der Waals surface area contributed by atoms with Crippen molar-refractivity contribution in [3.63, 3.8) is 0 Å². The summed E-state index contributed by atoms with van der Waals surface area (Å²) in [6, 6.07) is 0. The Hall–Kier alpha value is -0.520. The first-order valence-corrected chi connectivity index (χ1v) is 4.45. The SMILES string of the molecule is C=C(C)C1C(C)=CCCC1C. The van der Waals surface area contributed by atoms with Crippen LogP contribution < -0.4 is 0 Å². The molecule has 0 aromatic heterocycles. The van der Waals surface area contributed by atoms with Gasteiger partial charge in [0.2, 0.25) is 0 Å². The smallest absolute Gasteiger partial charge is 0.00245 e. The van der Waals surface area contributed by atoms with Crippen molar-refractivity contribution in [2.75, 3.05) is 0 Å². The van der Waals surface area contributed by atoms with E-state index in [9.17, 15) is 0 Å². The van der Waals surface area contributed by atoms with E-state index in [0.29, 0.717) is 5.92 Å². The zero-order valence-electron chi connectivity index (χ0n) is 7.85. The summed E-state index contributed by atoms with van der Waals surface area (Å²) in [5.41, 5.74) is 2.85. The van der Waals surface area contributed by atoms with Crippen molar-refractivity contribution in [3.8, 4) is 0 Å². The Bertz CT molecular complexity index is 186. The molecule has 2 unspecified atom stereocenters. The molecule has 0 amide bonds. The summed E-state index contributed by atoms with van der Waals surface area (Å²) in [6.45, 7) is 10.7. The van der Waals surface area contributed by atoms with Gasteiger partial charge in [-0.3, -0.25) is 0 Å². The third-order valence-electron chi connectivity index (χ3n) is 2.68. The van der Waals surface area contributed by atoms with Gasteiger partial charge in [0.05, 0.1) is 0 Å². The number of hydrogen-bond acceptors (Lipinski definition) is 0. The molecule has 0 aromatic rings. The van der Waals surface area contributed by atoms with E-state index in [1.54, 1.807) is 0 Å². The molecule has 62 valence electrons. The highest BCUT2D eigenvalue weighted by atomic mass is 14.3. The van der Waals surface area contributed by atoms with Gasteiger partial charge >= 0.3 is 0 Å². The summed E-state index contributed by atoms with van der Waals surface area (Å²) in [5.74, 6) is 1.46. The highest BCUT2D eigenvalue weighted by Gasteiger charge is 2.21. The summed E-state index contributed by atoms with van der Waals surface area (Å²) >= 11 is 0. The first-order chi connectivity index (χ1) is 5.13.